The highest BCUT2D eigenvalue weighted by Gasteiger charge is 2.01. The van der Waals surface area contributed by atoms with Crippen molar-refractivity contribution in [3.63, 3.8) is 0 Å². The van der Waals surface area contributed by atoms with E-state index < -0.39 is 9.62 Å². The molecule has 1 aliphatic heterocycles. The van der Waals surface area contributed by atoms with E-state index in [-0.39, 0.29) is 0 Å². The van der Waals surface area contributed by atoms with Crippen LogP contribution in [0, 0.1) is 9.56 Å². The third-order valence-electron chi connectivity index (χ3n) is 1.12. The van der Waals surface area contributed by atoms with Crippen molar-refractivity contribution in [1.82, 2.24) is 0 Å². The maximum Gasteiger partial charge on any atom is 0.00605 e. The Hall–Kier alpha value is -0.570. The highest BCUT2D eigenvalue weighted by Crippen LogP contribution is 2.15. The van der Waals surface area contributed by atoms with Crippen molar-refractivity contribution < 1.29 is 0 Å². The van der Waals surface area contributed by atoms with Gasteiger partial charge >= 0.3 is 0 Å². The molecule has 0 amide bonds. The molecule has 0 fully saturated rings. The first-order valence-electron chi connectivity index (χ1n) is 2.30. The van der Waals surface area contributed by atoms with E-state index in [1.54, 1.807) is 11.5 Å². The molecule has 1 rings (SSSR count). The summed E-state index contributed by atoms with van der Waals surface area (Å²) >= 11 is 0. The Balaban J connectivity index is 3.26. The summed E-state index contributed by atoms with van der Waals surface area (Å²) in [6.07, 6.45) is 3.61. The van der Waals surface area contributed by atoms with Crippen molar-refractivity contribution in [2.75, 3.05) is 0 Å². The van der Waals surface area contributed by atoms with E-state index in [1.807, 2.05) is 13.0 Å². The molecule has 8 heavy (non-hydrogen) atoms. The molecular weight excluding hydrogens is 120 g/mol. The molecular formula is C5H8N2S. The summed E-state index contributed by atoms with van der Waals surface area (Å²) in [5, 5.41) is 1.64. The number of hydrogen-bond donors (Lipinski definition) is 2. The molecule has 2 N–H and O–H groups in total. The van der Waals surface area contributed by atoms with Crippen molar-refractivity contribution in [3.05, 3.63) is 22.5 Å². The number of nitrogens with one attached hydrogen (secondary N) is 2. The topological polar surface area (TPSA) is 47.7 Å². The Kier molecular flexibility index (Phi) is 1.01. The molecule has 2 nitrogen and oxygen atoms in total. The Morgan fingerprint density at radius 2 is 2.12 bits per heavy atom. The lowest BCUT2D eigenvalue weighted by Gasteiger charge is -1.96. The highest BCUT2D eigenvalue weighted by molar-refractivity contribution is 8.00. The van der Waals surface area contributed by atoms with Crippen molar-refractivity contribution in [1.29, 1.82) is 9.56 Å². The molecule has 3 heteroatoms. The molecule has 0 atom stereocenters. The van der Waals surface area contributed by atoms with Crippen LogP contribution in [-0.2, 0) is 9.62 Å². The van der Waals surface area contributed by atoms with Gasteiger partial charge in [0, 0.05) is 4.91 Å². The minimum Gasteiger partial charge on any atom is -0.262 e. The van der Waals surface area contributed by atoms with Gasteiger partial charge in [-0.25, -0.2) is 0 Å². The summed E-state index contributed by atoms with van der Waals surface area (Å²) < 4.78 is 14.6. The summed E-state index contributed by atoms with van der Waals surface area (Å²) in [5.74, 6) is 0. The normalized spacial score (nSPS) is 23.4. The summed E-state index contributed by atoms with van der Waals surface area (Å²) in [7, 11) is -1.94. The van der Waals surface area contributed by atoms with Crippen molar-refractivity contribution in [3.8, 4) is 0 Å². The van der Waals surface area contributed by atoms with E-state index in [9.17, 15) is 0 Å². The molecule has 1 aliphatic rings. The summed E-state index contributed by atoms with van der Waals surface area (Å²) in [6, 6.07) is 0. The van der Waals surface area contributed by atoms with Crippen molar-refractivity contribution in [2.24, 2.45) is 0 Å². The van der Waals surface area contributed by atoms with Crippen LogP contribution >= 0.6 is 0 Å². The zero-order chi connectivity index (χ0) is 6.20. The molecule has 0 aliphatic carbocycles. The first-order valence-corrected chi connectivity index (χ1v) is 4.00. The van der Waals surface area contributed by atoms with Crippen LogP contribution in [0.2, 0.25) is 0 Å². The van der Waals surface area contributed by atoms with Crippen molar-refractivity contribution >= 4 is 9.62 Å². The predicted octanol–water partition coefficient (Wildman–Crippen LogP) is 2.10. The second-order valence-electron chi connectivity index (χ2n) is 1.77. The molecule has 0 bridgehead atoms. The van der Waals surface area contributed by atoms with Crippen LogP contribution < -0.4 is 0 Å². The smallest absolute Gasteiger partial charge is 0.00605 e. The average molecular weight is 128 g/mol. The van der Waals surface area contributed by atoms with Gasteiger partial charge < -0.3 is 0 Å². The van der Waals surface area contributed by atoms with E-state index in [4.69, 9.17) is 9.56 Å². The Morgan fingerprint density at radius 1 is 1.50 bits per heavy atom. The van der Waals surface area contributed by atoms with Gasteiger partial charge in [-0.2, -0.15) is 0 Å². The summed E-state index contributed by atoms with van der Waals surface area (Å²) in [5.41, 5.74) is 0. The van der Waals surface area contributed by atoms with Gasteiger partial charge in [0.05, 0.1) is 0 Å². The highest BCUT2D eigenvalue weighted by atomic mass is 32.2. The fraction of sp³-hybridized carbons (Fsp3) is 0.200. The molecule has 0 saturated heterocycles. The second-order valence-corrected chi connectivity index (χ2v) is 4.00. The molecule has 1 heterocycles. The van der Waals surface area contributed by atoms with E-state index in [0.717, 1.165) is 4.91 Å². The minimum atomic E-state index is -1.94. The first kappa shape index (κ1) is 5.56. The summed E-state index contributed by atoms with van der Waals surface area (Å²) in [4.78, 5) is 0.873. The van der Waals surface area contributed by atoms with Crippen molar-refractivity contribution in [2.45, 2.75) is 6.92 Å². The molecule has 0 aromatic heterocycles. The molecule has 0 saturated carbocycles. The van der Waals surface area contributed by atoms with Gasteiger partial charge in [0.15, 0.2) is 0 Å². The van der Waals surface area contributed by atoms with E-state index in [2.05, 4.69) is 0 Å². The van der Waals surface area contributed by atoms with Crippen LogP contribution in [-0.4, -0.2) is 0 Å². The number of allylic oxidation sites excluding steroid dienone is 3. The first-order chi connectivity index (χ1) is 3.63. The lowest BCUT2D eigenvalue weighted by molar-refractivity contribution is 1.51. The largest absolute Gasteiger partial charge is 0.262 e. The number of hydrogen-bond acceptors (Lipinski definition) is 2. The lowest BCUT2D eigenvalue weighted by Crippen LogP contribution is -1.84. The molecule has 0 unspecified atom stereocenters. The third kappa shape index (κ3) is 0.690. The minimum absolute atomic E-state index is 0.873. The maximum atomic E-state index is 7.29. The number of rotatable bonds is 0. The van der Waals surface area contributed by atoms with Crippen LogP contribution in [0.25, 0.3) is 0 Å². The molecule has 0 aromatic carbocycles. The van der Waals surface area contributed by atoms with Crippen LogP contribution in [0.5, 0.6) is 0 Å². The second kappa shape index (κ2) is 1.45. The Labute approximate surface area is 49.3 Å². The van der Waals surface area contributed by atoms with Gasteiger partial charge in [-0.05, 0) is 22.0 Å². The fourth-order valence-corrected chi connectivity index (χ4v) is 1.33. The molecule has 0 aromatic rings. The monoisotopic (exact) mass is 128 g/mol. The fourth-order valence-electron chi connectivity index (χ4n) is 0.507. The van der Waals surface area contributed by atoms with Gasteiger partial charge in [-0.3, -0.25) is 9.56 Å². The zero-order valence-electron chi connectivity index (χ0n) is 4.64. The van der Waals surface area contributed by atoms with Gasteiger partial charge in [0.2, 0.25) is 0 Å². The predicted molar refractivity (Wildman–Crippen MR) is 35.7 cm³/mol. The van der Waals surface area contributed by atoms with Crippen LogP contribution in [0.4, 0.5) is 0 Å². The Morgan fingerprint density at radius 3 is 2.25 bits per heavy atom. The van der Waals surface area contributed by atoms with Gasteiger partial charge in [0.1, 0.15) is 0 Å². The average Bonchev–Trinajstić information content (AvgIpc) is 1.86. The summed E-state index contributed by atoms with van der Waals surface area (Å²) in [6.45, 7) is 1.83. The van der Waals surface area contributed by atoms with Crippen LogP contribution in [0.3, 0.4) is 0 Å². The van der Waals surface area contributed by atoms with E-state index in [0.29, 0.717) is 0 Å². The van der Waals surface area contributed by atoms with Crippen LogP contribution in [0.1, 0.15) is 6.92 Å². The lowest BCUT2D eigenvalue weighted by atomic mass is 10.5. The van der Waals surface area contributed by atoms with E-state index in [1.165, 1.54) is 0 Å². The standard InChI is InChI=1S/C5H8N2S/c1-5-3-2-4-8(5,6)7/h2-4,6-7H,1H3. The molecule has 0 spiro atoms. The maximum absolute atomic E-state index is 7.29. The Bertz CT molecular complexity index is 244. The quantitative estimate of drug-likeness (QED) is 0.502. The molecule has 44 valence electrons. The van der Waals surface area contributed by atoms with Crippen LogP contribution in [0.15, 0.2) is 22.5 Å². The van der Waals surface area contributed by atoms with Gasteiger partial charge in [-0.15, -0.1) is 0 Å². The zero-order valence-corrected chi connectivity index (χ0v) is 5.46. The molecule has 0 radical (unpaired) electrons. The van der Waals surface area contributed by atoms with Gasteiger partial charge in [0.25, 0.3) is 0 Å². The third-order valence-corrected chi connectivity index (χ3v) is 2.84. The van der Waals surface area contributed by atoms with E-state index >= 15 is 0 Å². The SMILES string of the molecule is CC1=CC=CS1(=N)=N. The van der Waals surface area contributed by atoms with Gasteiger partial charge in [-0.1, -0.05) is 12.2 Å².